The number of thioether (sulfide) groups is 1. The Morgan fingerprint density at radius 1 is 1.21 bits per heavy atom. The van der Waals surface area contributed by atoms with Crippen molar-refractivity contribution in [3.8, 4) is 0 Å². The van der Waals surface area contributed by atoms with Gasteiger partial charge in [0.1, 0.15) is 0 Å². The standard InChI is InChI=1S/C20H26N6OS2/c1-12-14(13(2)26-19(22-12)24-20(25-26)28-3)11-17(27)21-10-6-9-18-23-15-7-4-5-8-16(15)29-18/h4-11H2,1-3H3,(H,21,27). The largest absolute Gasteiger partial charge is 0.356 e. The smallest absolute Gasteiger partial charge is 0.253 e. The molecule has 0 unspecified atom stereocenters. The Bertz CT molecular complexity index is 1020. The number of aromatic nitrogens is 5. The van der Waals surface area contributed by atoms with E-state index in [1.807, 2.05) is 31.4 Å². The van der Waals surface area contributed by atoms with Crippen LogP contribution >= 0.6 is 23.1 Å². The van der Waals surface area contributed by atoms with Gasteiger partial charge in [0.25, 0.3) is 5.78 Å². The summed E-state index contributed by atoms with van der Waals surface area (Å²) in [6, 6.07) is 0. The molecule has 0 saturated carbocycles. The van der Waals surface area contributed by atoms with Crippen LogP contribution in [0.5, 0.6) is 0 Å². The molecule has 7 nitrogen and oxygen atoms in total. The predicted molar refractivity (Wildman–Crippen MR) is 116 cm³/mol. The van der Waals surface area contributed by atoms with E-state index in [4.69, 9.17) is 4.98 Å². The fourth-order valence-corrected chi connectivity index (χ4v) is 5.27. The molecular formula is C20H26N6OS2. The molecule has 3 heterocycles. The lowest BCUT2D eigenvalue weighted by atomic mass is 10.0. The number of rotatable bonds is 7. The summed E-state index contributed by atoms with van der Waals surface area (Å²) in [7, 11) is 0. The van der Waals surface area contributed by atoms with E-state index in [1.165, 1.54) is 46.6 Å². The minimum atomic E-state index is 0.0148. The Morgan fingerprint density at radius 2 is 2.03 bits per heavy atom. The van der Waals surface area contributed by atoms with Crippen molar-refractivity contribution >= 4 is 34.8 Å². The third kappa shape index (κ3) is 4.45. The number of nitrogens with one attached hydrogen (secondary N) is 1. The summed E-state index contributed by atoms with van der Waals surface area (Å²) in [5.74, 6) is 0.598. The Hall–Kier alpha value is -2.00. The highest BCUT2D eigenvalue weighted by molar-refractivity contribution is 7.98. The third-order valence-electron chi connectivity index (χ3n) is 5.33. The van der Waals surface area contributed by atoms with Crippen LogP contribution in [0.1, 0.15) is 51.8 Å². The van der Waals surface area contributed by atoms with Crippen LogP contribution < -0.4 is 5.32 Å². The van der Waals surface area contributed by atoms with Crippen LogP contribution in [-0.4, -0.2) is 43.3 Å². The molecule has 0 aromatic carbocycles. The number of fused-ring (bicyclic) bond motifs is 2. The highest BCUT2D eigenvalue weighted by Crippen LogP contribution is 2.27. The number of hydrogen-bond acceptors (Lipinski definition) is 7. The first-order valence-electron chi connectivity index (χ1n) is 10.1. The van der Waals surface area contributed by atoms with Gasteiger partial charge in [-0.3, -0.25) is 4.79 Å². The zero-order valence-electron chi connectivity index (χ0n) is 17.1. The average Bonchev–Trinajstić information content (AvgIpc) is 3.32. The van der Waals surface area contributed by atoms with Crippen molar-refractivity contribution in [3.05, 3.63) is 32.5 Å². The second-order valence-corrected chi connectivity index (χ2v) is 9.33. The van der Waals surface area contributed by atoms with Gasteiger partial charge in [0, 0.05) is 34.8 Å². The first-order valence-corrected chi connectivity index (χ1v) is 12.1. The summed E-state index contributed by atoms with van der Waals surface area (Å²) in [5.41, 5.74) is 3.98. The van der Waals surface area contributed by atoms with E-state index < -0.39 is 0 Å². The van der Waals surface area contributed by atoms with Crippen molar-refractivity contribution in [1.82, 2.24) is 29.9 Å². The summed E-state index contributed by atoms with van der Waals surface area (Å²) in [4.78, 5) is 27.6. The van der Waals surface area contributed by atoms with E-state index >= 15 is 0 Å². The van der Waals surface area contributed by atoms with E-state index in [-0.39, 0.29) is 5.91 Å². The topological polar surface area (TPSA) is 85.1 Å². The summed E-state index contributed by atoms with van der Waals surface area (Å²) < 4.78 is 1.73. The SMILES string of the molecule is CSc1nc2nc(C)c(CC(=O)NCCCc3nc4c(s3)CCCC4)c(C)n2n1. The van der Waals surface area contributed by atoms with Crippen molar-refractivity contribution < 1.29 is 4.79 Å². The summed E-state index contributed by atoms with van der Waals surface area (Å²) in [6.07, 6.45) is 8.95. The van der Waals surface area contributed by atoms with Crippen LogP contribution in [0.3, 0.4) is 0 Å². The molecular weight excluding hydrogens is 404 g/mol. The second-order valence-electron chi connectivity index (χ2n) is 7.39. The van der Waals surface area contributed by atoms with Gasteiger partial charge in [-0.2, -0.15) is 4.98 Å². The maximum absolute atomic E-state index is 12.5. The molecule has 0 spiro atoms. The van der Waals surface area contributed by atoms with E-state index in [0.717, 1.165) is 36.2 Å². The van der Waals surface area contributed by atoms with Gasteiger partial charge in [0.15, 0.2) is 0 Å². The number of nitrogens with zero attached hydrogens (tertiary/aromatic N) is 5. The predicted octanol–water partition coefficient (Wildman–Crippen LogP) is 3.09. The molecule has 0 radical (unpaired) electrons. The lowest BCUT2D eigenvalue weighted by Gasteiger charge is -2.10. The van der Waals surface area contributed by atoms with Crippen LogP contribution in [-0.2, 0) is 30.5 Å². The molecule has 1 N–H and O–H groups in total. The summed E-state index contributed by atoms with van der Waals surface area (Å²) >= 11 is 3.34. The maximum Gasteiger partial charge on any atom is 0.253 e. The van der Waals surface area contributed by atoms with E-state index in [9.17, 15) is 4.79 Å². The molecule has 0 atom stereocenters. The van der Waals surface area contributed by atoms with Gasteiger partial charge in [-0.15, -0.1) is 16.4 Å². The van der Waals surface area contributed by atoms with Crippen molar-refractivity contribution in [2.75, 3.05) is 12.8 Å². The first-order chi connectivity index (χ1) is 14.0. The zero-order valence-corrected chi connectivity index (χ0v) is 18.8. The van der Waals surface area contributed by atoms with Gasteiger partial charge in [0.05, 0.1) is 17.1 Å². The molecule has 0 fully saturated rings. The van der Waals surface area contributed by atoms with Gasteiger partial charge in [-0.05, 0) is 52.2 Å². The van der Waals surface area contributed by atoms with Crippen LogP contribution in [0, 0.1) is 13.8 Å². The first kappa shape index (κ1) is 20.3. The van der Waals surface area contributed by atoms with Gasteiger partial charge < -0.3 is 5.32 Å². The quantitative estimate of drug-likeness (QED) is 0.458. The minimum Gasteiger partial charge on any atom is -0.356 e. The molecule has 3 aromatic rings. The fourth-order valence-electron chi connectivity index (χ4n) is 3.74. The Morgan fingerprint density at radius 3 is 2.83 bits per heavy atom. The molecule has 4 rings (SSSR count). The summed E-state index contributed by atoms with van der Waals surface area (Å²) in [6.45, 7) is 4.55. The van der Waals surface area contributed by atoms with Crippen LogP contribution in [0.2, 0.25) is 0 Å². The van der Waals surface area contributed by atoms with Crippen molar-refractivity contribution in [3.63, 3.8) is 0 Å². The number of hydrogen-bond donors (Lipinski definition) is 1. The monoisotopic (exact) mass is 430 g/mol. The van der Waals surface area contributed by atoms with Crippen molar-refractivity contribution in [2.24, 2.45) is 0 Å². The Kier molecular flexibility index (Phi) is 6.15. The number of carbonyl (C=O) groups is 1. The molecule has 9 heteroatoms. The normalized spacial score (nSPS) is 13.6. The zero-order chi connectivity index (χ0) is 20.4. The van der Waals surface area contributed by atoms with Gasteiger partial charge in [0.2, 0.25) is 11.1 Å². The summed E-state index contributed by atoms with van der Waals surface area (Å²) in [5, 5.41) is 9.38. The molecule has 29 heavy (non-hydrogen) atoms. The van der Waals surface area contributed by atoms with E-state index in [2.05, 4.69) is 20.4 Å². The van der Waals surface area contributed by atoms with Gasteiger partial charge >= 0.3 is 0 Å². The average molecular weight is 431 g/mol. The van der Waals surface area contributed by atoms with Crippen LogP contribution in [0.15, 0.2) is 5.16 Å². The number of carbonyl (C=O) groups excluding carboxylic acids is 1. The highest BCUT2D eigenvalue weighted by Gasteiger charge is 2.17. The van der Waals surface area contributed by atoms with Crippen molar-refractivity contribution in [2.45, 2.75) is 63.9 Å². The highest BCUT2D eigenvalue weighted by atomic mass is 32.2. The Labute approximate surface area is 178 Å². The van der Waals surface area contributed by atoms with E-state index in [0.29, 0.717) is 23.9 Å². The Balaban J connectivity index is 1.32. The van der Waals surface area contributed by atoms with Gasteiger partial charge in [-0.25, -0.2) is 14.5 Å². The molecule has 1 aliphatic rings. The molecule has 0 aliphatic heterocycles. The maximum atomic E-state index is 12.5. The number of thiazole rings is 1. The van der Waals surface area contributed by atoms with Crippen LogP contribution in [0.25, 0.3) is 5.78 Å². The molecule has 0 bridgehead atoms. The van der Waals surface area contributed by atoms with Crippen LogP contribution in [0.4, 0.5) is 0 Å². The third-order valence-corrected chi connectivity index (χ3v) is 7.08. The molecule has 154 valence electrons. The van der Waals surface area contributed by atoms with Gasteiger partial charge in [-0.1, -0.05) is 11.8 Å². The number of amides is 1. The molecule has 0 saturated heterocycles. The fraction of sp³-hybridized carbons (Fsp3) is 0.550. The lowest BCUT2D eigenvalue weighted by Crippen LogP contribution is -2.27. The minimum absolute atomic E-state index is 0.0148. The van der Waals surface area contributed by atoms with Crippen molar-refractivity contribution in [1.29, 1.82) is 0 Å². The molecule has 1 amide bonds. The molecule has 3 aromatic heterocycles. The number of aryl methyl sites for hydroxylation is 5. The lowest BCUT2D eigenvalue weighted by molar-refractivity contribution is -0.120. The second kappa shape index (κ2) is 8.79. The van der Waals surface area contributed by atoms with E-state index in [1.54, 1.807) is 4.52 Å². The molecule has 1 aliphatic carbocycles.